The predicted molar refractivity (Wildman–Crippen MR) is 175 cm³/mol. The van der Waals surface area contributed by atoms with Crippen LogP contribution in [0, 0.1) is 0 Å². The van der Waals surface area contributed by atoms with Crippen LogP contribution >= 0.6 is 0 Å². The minimum Gasteiger partial charge on any atom is -0.394 e. The van der Waals surface area contributed by atoms with E-state index in [1.165, 1.54) is 13.8 Å². The number of nitrogens with one attached hydrogen (secondary N) is 1. The zero-order valence-electron chi connectivity index (χ0n) is 30.9. The average molecular weight is 838 g/mol. The Morgan fingerprint density at radius 1 is 0.456 bits per heavy atom. The van der Waals surface area contributed by atoms with Crippen LogP contribution in [0.3, 0.4) is 0 Å². The van der Waals surface area contributed by atoms with E-state index >= 15 is 0 Å². The van der Waals surface area contributed by atoms with E-state index in [0.29, 0.717) is 0 Å². The highest BCUT2D eigenvalue weighted by Gasteiger charge is 2.57. The molecule has 0 radical (unpaired) electrons. The molecule has 5 rings (SSSR count). The van der Waals surface area contributed by atoms with E-state index < -0.39 is 179 Å². The summed E-state index contributed by atoms with van der Waals surface area (Å²) in [5.74, 6) is -0.809. The summed E-state index contributed by atoms with van der Waals surface area (Å²) in [7, 11) is 0. The van der Waals surface area contributed by atoms with Crippen LogP contribution in [-0.2, 0) is 47.4 Å². The van der Waals surface area contributed by atoms with Gasteiger partial charge in [-0.25, -0.2) is 0 Å². The number of aliphatic hydroxyl groups is 14. The van der Waals surface area contributed by atoms with Gasteiger partial charge in [-0.2, -0.15) is 0 Å². The highest BCUT2D eigenvalue weighted by Crippen LogP contribution is 2.37. The van der Waals surface area contributed by atoms with Crippen LogP contribution in [0.15, 0.2) is 0 Å². The topological polar surface area (TPSA) is 395 Å². The van der Waals surface area contributed by atoms with Crippen molar-refractivity contribution < 1.29 is 119 Å². The Balaban J connectivity index is 1.53. The van der Waals surface area contributed by atoms with Crippen molar-refractivity contribution in [2.45, 2.75) is 174 Å². The van der Waals surface area contributed by atoms with Gasteiger partial charge in [0.1, 0.15) is 110 Å². The Morgan fingerprint density at radius 3 is 1.33 bits per heavy atom. The summed E-state index contributed by atoms with van der Waals surface area (Å²) in [6.07, 6.45) is -42.2. The monoisotopic (exact) mass is 837 g/mol. The van der Waals surface area contributed by atoms with Crippen molar-refractivity contribution in [2.75, 3.05) is 19.8 Å². The smallest absolute Gasteiger partial charge is 0.217 e. The van der Waals surface area contributed by atoms with Crippen LogP contribution in [0.1, 0.15) is 20.8 Å². The normalized spacial score (nSPS) is 52.3. The molecule has 0 aliphatic carbocycles. The van der Waals surface area contributed by atoms with Gasteiger partial charge in [0, 0.05) is 6.92 Å². The van der Waals surface area contributed by atoms with Crippen LogP contribution in [0.4, 0.5) is 0 Å². The zero-order chi connectivity index (χ0) is 42.2. The number of carbonyl (C=O) groups excluding carboxylic acids is 1. The van der Waals surface area contributed by atoms with Gasteiger partial charge in [0.2, 0.25) is 5.91 Å². The summed E-state index contributed by atoms with van der Waals surface area (Å²) in [5, 5.41) is 149. The first-order chi connectivity index (χ1) is 26.8. The fraction of sp³-hybridized carbons (Fsp3) is 0.969. The van der Waals surface area contributed by atoms with Gasteiger partial charge in [-0.1, -0.05) is 0 Å². The van der Waals surface area contributed by atoms with Crippen molar-refractivity contribution in [3.8, 4) is 0 Å². The molecule has 5 saturated heterocycles. The maximum atomic E-state index is 12.8. The summed E-state index contributed by atoms with van der Waals surface area (Å²) < 4.78 is 52.1. The Morgan fingerprint density at radius 2 is 0.842 bits per heavy atom. The number of amides is 1. The molecule has 0 aromatic carbocycles. The van der Waals surface area contributed by atoms with Gasteiger partial charge in [-0.15, -0.1) is 0 Å². The molecule has 5 heterocycles. The fourth-order valence-electron chi connectivity index (χ4n) is 7.31. The Hall–Kier alpha value is -1.45. The summed E-state index contributed by atoms with van der Waals surface area (Å²) >= 11 is 0. The van der Waals surface area contributed by atoms with Crippen LogP contribution in [0.2, 0.25) is 0 Å². The van der Waals surface area contributed by atoms with Crippen molar-refractivity contribution in [1.29, 1.82) is 0 Å². The maximum absolute atomic E-state index is 12.8. The third-order valence-electron chi connectivity index (χ3n) is 10.6. The highest BCUT2D eigenvalue weighted by atomic mass is 16.8. The van der Waals surface area contributed by atoms with Gasteiger partial charge >= 0.3 is 0 Å². The van der Waals surface area contributed by atoms with E-state index in [9.17, 15) is 76.3 Å². The molecule has 25 nitrogen and oxygen atoms in total. The largest absolute Gasteiger partial charge is 0.394 e. The van der Waals surface area contributed by atoms with Gasteiger partial charge in [0.05, 0.1) is 32.0 Å². The van der Waals surface area contributed by atoms with E-state index in [0.717, 1.165) is 6.92 Å². The third kappa shape index (κ3) is 9.71. The molecule has 5 aliphatic heterocycles. The van der Waals surface area contributed by atoms with E-state index in [4.69, 9.17) is 42.6 Å². The molecule has 5 fully saturated rings. The number of rotatable bonds is 12. The van der Waals surface area contributed by atoms with Gasteiger partial charge in [0.15, 0.2) is 31.5 Å². The molecule has 15 N–H and O–H groups in total. The molecule has 0 bridgehead atoms. The van der Waals surface area contributed by atoms with Gasteiger partial charge in [-0.05, 0) is 13.8 Å². The summed E-state index contributed by atoms with van der Waals surface area (Å²) in [5.41, 5.74) is 0. The van der Waals surface area contributed by atoms with Crippen LogP contribution in [0.25, 0.3) is 0 Å². The van der Waals surface area contributed by atoms with Crippen LogP contribution < -0.4 is 5.32 Å². The molecule has 0 aromatic heterocycles. The Bertz CT molecular complexity index is 1290. The van der Waals surface area contributed by atoms with E-state index in [1.807, 2.05) is 0 Å². The first-order valence-electron chi connectivity index (χ1n) is 18.3. The molecule has 25 heteroatoms. The minimum absolute atomic E-state index is 0.809. The molecule has 0 aromatic rings. The van der Waals surface area contributed by atoms with Crippen LogP contribution in [-0.4, -0.2) is 251 Å². The molecule has 25 atom stereocenters. The number of carbonyl (C=O) groups is 1. The standard InChI is InChI=1S/C32H55NO24/c1-7-14(38)17(41)20(44)30(49-7)56-26-13(33-9(3)37)29(53-12(6-36)24(26)55-32-22(46)19(43)16(40)10(4-34)52-32)54-25-11(5-35)51-28(48)23(47)27(25)57-31-21(45)18(42)15(39)8(2)50-31/h7-8,10-32,34-36,38-48H,4-6H2,1-3H3,(H,33,37)/t7-,8-,10+,11+,12+,13+,14+,15+,16-,17+,18+,19-,20-,21-,22+,23+,24+,25+,26+,27+,28+,29-,30-,31-,32-/m0/s1. The summed E-state index contributed by atoms with van der Waals surface area (Å²) in [6, 6.07) is -1.70. The van der Waals surface area contributed by atoms with Gasteiger partial charge in [0.25, 0.3) is 0 Å². The lowest BCUT2D eigenvalue weighted by atomic mass is 9.93. The number of ether oxygens (including phenoxy) is 9. The maximum Gasteiger partial charge on any atom is 0.217 e. The quantitative estimate of drug-likeness (QED) is 0.0867. The van der Waals surface area contributed by atoms with E-state index in [-0.39, 0.29) is 0 Å². The van der Waals surface area contributed by atoms with Crippen molar-refractivity contribution in [3.05, 3.63) is 0 Å². The van der Waals surface area contributed by atoms with Crippen molar-refractivity contribution in [2.24, 2.45) is 0 Å². The molecule has 5 aliphatic rings. The SMILES string of the molecule is CC(=O)N[C@H]1[C@H](O[C@H]2[C@H](O[C@@H]3O[C@@H](C)[C@@H](O)[C@@H](O)[C@@H]3O)[C@@H](O)[C@H](O)O[C@@H]2CO)O[C@H](CO)[C@@H](O[C@@H]2O[C@H](CO)[C@H](O)[C@H](O)[C@H]2O)[C@@H]1O[C@@H]1O[C@@H](C)[C@@H](O)[C@@H](O)[C@@H]1O. The van der Waals surface area contributed by atoms with Gasteiger partial charge < -0.3 is 119 Å². The second-order valence-electron chi connectivity index (χ2n) is 14.7. The lowest BCUT2D eigenvalue weighted by Gasteiger charge is -2.52. The summed E-state index contributed by atoms with van der Waals surface area (Å²) in [4.78, 5) is 12.8. The molecule has 0 spiro atoms. The Labute approximate surface area is 324 Å². The Kier molecular flexibility index (Phi) is 16.0. The molecule has 57 heavy (non-hydrogen) atoms. The number of hydrogen-bond acceptors (Lipinski definition) is 24. The molecule has 0 saturated carbocycles. The molecular formula is C32H55NO24. The van der Waals surface area contributed by atoms with Crippen LogP contribution in [0.5, 0.6) is 0 Å². The lowest BCUT2D eigenvalue weighted by Crippen LogP contribution is -2.71. The predicted octanol–water partition coefficient (Wildman–Crippen LogP) is -9.73. The number of hydrogen-bond donors (Lipinski definition) is 15. The lowest BCUT2D eigenvalue weighted by molar-refractivity contribution is -0.393. The third-order valence-corrected chi connectivity index (χ3v) is 10.6. The number of aliphatic hydroxyl groups excluding tert-OH is 14. The first kappa shape index (κ1) is 46.6. The van der Waals surface area contributed by atoms with Crippen molar-refractivity contribution >= 4 is 5.91 Å². The molecular weight excluding hydrogens is 782 g/mol. The summed E-state index contributed by atoms with van der Waals surface area (Å²) in [6.45, 7) is 0.927. The van der Waals surface area contributed by atoms with Crippen molar-refractivity contribution in [1.82, 2.24) is 5.32 Å². The second kappa shape index (κ2) is 19.5. The van der Waals surface area contributed by atoms with Crippen molar-refractivity contribution in [3.63, 3.8) is 0 Å². The van der Waals surface area contributed by atoms with Gasteiger partial charge in [-0.3, -0.25) is 4.79 Å². The molecule has 1 amide bonds. The molecule has 0 unspecified atom stereocenters. The zero-order valence-corrected chi connectivity index (χ0v) is 30.9. The first-order valence-corrected chi connectivity index (χ1v) is 18.3. The minimum atomic E-state index is -2.05. The van der Waals surface area contributed by atoms with E-state index in [2.05, 4.69) is 5.32 Å². The molecule has 332 valence electrons. The fourth-order valence-corrected chi connectivity index (χ4v) is 7.31. The van der Waals surface area contributed by atoms with E-state index in [1.54, 1.807) is 0 Å². The average Bonchev–Trinajstić information content (AvgIpc) is 3.18. The second-order valence-corrected chi connectivity index (χ2v) is 14.7. The highest BCUT2D eigenvalue weighted by molar-refractivity contribution is 5.73.